The fourth-order valence-corrected chi connectivity index (χ4v) is 3.74. The molecule has 158 valence electrons. The number of nitrogens with one attached hydrogen (secondary N) is 1. The SMILES string of the molecule is CCC(NC(=O)CN(c1cccc(F)c1)S(C)(=O)=O)c1ccc(OC)c(OC)c1. The van der Waals surface area contributed by atoms with Gasteiger partial charge in [-0.3, -0.25) is 9.10 Å². The zero-order valence-corrected chi connectivity index (χ0v) is 17.6. The summed E-state index contributed by atoms with van der Waals surface area (Å²) >= 11 is 0. The van der Waals surface area contributed by atoms with E-state index in [2.05, 4.69) is 5.32 Å². The number of sulfonamides is 1. The van der Waals surface area contributed by atoms with Crippen LogP contribution >= 0.6 is 0 Å². The number of amides is 1. The third-order valence-electron chi connectivity index (χ3n) is 4.34. The van der Waals surface area contributed by atoms with Crippen LogP contribution in [0.4, 0.5) is 10.1 Å². The summed E-state index contributed by atoms with van der Waals surface area (Å²) < 4.78 is 49.2. The second-order valence-electron chi connectivity index (χ2n) is 6.39. The molecule has 29 heavy (non-hydrogen) atoms. The first kappa shape index (κ1) is 22.5. The Morgan fingerprint density at radius 3 is 2.38 bits per heavy atom. The van der Waals surface area contributed by atoms with Gasteiger partial charge in [-0.1, -0.05) is 19.1 Å². The number of anilines is 1. The van der Waals surface area contributed by atoms with Gasteiger partial charge in [-0.25, -0.2) is 12.8 Å². The molecule has 1 amide bonds. The number of hydrogen-bond acceptors (Lipinski definition) is 5. The van der Waals surface area contributed by atoms with E-state index in [1.54, 1.807) is 18.2 Å². The number of methoxy groups -OCH3 is 2. The lowest BCUT2D eigenvalue weighted by Gasteiger charge is -2.24. The van der Waals surface area contributed by atoms with Crippen LogP contribution in [0.15, 0.2) is 42.5 Å². The largest absolute Gasteiger partial charge is 0.493 e. The average molecular weight is 424 g/mol. The topological polar surface area (TPSA) is 84.9 Å². The molecule has 7 nitrogen and oxygen atoms in total. The normalized spacial score (nSPS) is 12.2. The van der Waals surface area contributed by atoms with E-state index in [0.717, 1.165) is 22.2 Å². The molecule has 0 saturated carbocycles. The monoisotopic (exact) mass is 424 g/mol. The number of ether oxygens (including phenoxy) is 2. The van der Waals surface area contributed by atoms with Gasteiger partial charge < -0.3 is 14.8 Å². The first-order valence-corrected chi connectivity index (χ1v) is 10.8. The molecule has 0 saturated heterocycles. The van der Waals surface area contributed by atoms with Crippen LogP contribution in [0.25, 0.3) is 0 Å². The van der Waals surface area contributed by atoms with E-state index in [1.807, 2.05) is 6.92 Å². The van der Waals surface area contributed by atoms with Gasteiger partial charge in [-0.15, -0.1) is 0 Å². The minimum Gasteiger partial charge on any atom is -0.493 e. The van der Waals surface area contributed by atoms with Gasteiger partial charge in [0.15, 0.2) is 11.5 Å². The molecule has 1 unspecified atom stereocenters. The highest BCUT2D eigenvalue weighted by atomic mass is 32.2. The molecule has 0 radical (unpaired) electrons. The lowest BCUT2D eigenvalue weighted by Crippen LogP contribution is -2.41. The maximum atomic E-state index is 13.5. The first-order valence-electron chi connectivity index (χ1n) is 8.94. The molecule has 0 spiro atoms. The van der Waals surface area contributed by atoms with Crippen LogP contribution in [0.3, 0.4) is 0 Å². The fraction of sp³-hybridized carbons (Fsp3) is 0.350. The van der Waals surface area contributed by atoms with Crippen molar-refractivity contribution in [1.82, 2.24) is 5.32 Å². The van der Waals surface area contributed by atoms with Crippen LogP contribution in [0.5, 0.6) is 11.5 Å². The van der Waals surface area contributed by atoms with Crippen molar-refractivity contribution in [2.75, 3.05) is 31.3 Å². The Bertz CT molecular complexity index is 965. The van der Waals surface area contributed by atoms with Crippen molar-refractivity contribution in [2.24, 2.45) is 0 Å². The highest BCUT2D eigenvalue weighted by molar-refractivity contribution is 7.92. The molecule has 0 bridgehead atoms. The summed E-state index contributed by atoms with van der Waals surface area (Å²) in [5, 5.41) is 2.82. The van der Waals surface area contributed by atoms with Gasteiger partial charge >= 0.3 is 0 Å². The van der Waals surface area contributed by atoms with Gasteiger partial charge in [0.2, 0.25) is 15.9 Å². The van der Waals surface area contributed by atoms with E-state index in [1.165, 1.54) is 32.4 Å². The average Bonchev–Trinajstić information content (AvgIpc) is 2.68. The van der Waals surface area contributed by atoms with E-state index in [9.17, 15) is 17.6 Å². The Morgan fingerprint density at radius 1 is 1.14 bits per heavy atom. The Balaban J connectivity index is 2.22. The van der Waals surface area contributed by atoms with Crippen molar-refractivity contribution < 1.29 is 27.1 Å². The van der Waals surface area contributed by atoms with Gasteiger partial charge in [0.25, 0.3) is 0 Å². The highest BCUT2D eigenvalue weighted by Crippen LogP contribution is 2.31. The van der Waals surface area contributed by atoms with Gasteiger partial charge in [-0.2, -0.15) is 0 Å². The van der Waals surface area contributed by atoms with Gasteiger partial charge in [0.1, 0.15) is 12.4 Å². The number of halogens is 1. The van der Waals surface area contributed by atoms with E-state index in [-0.39, 0.29) is 11.7 Å². The molecule has 0 aliphatic rings. The van der Waals surface area contributed by atoms with Crippen molar-refractivity contribution in [2.45, 2.75) is 19.4 Å². The summed E-state index contributed by atoms with van der Waals surface area (Å²) in [6, 6.07) is 10.0. The summed E-state index contributed by atoms with van der Waals surface area (Å²) in [4.78, 5) is 12.6. The third-order valence-corrected chi connectivity index (χ3v) is 5.48. The summed E-state index contributed by atoms with van der Waals surface area (Å²) in [5.41, 5.74) is 0.872. The van der Waals surface area contributed by atoms with Crippen molar-refractivity contribution in [3.8, 4) is 11.5 Å². The van der Waals surface area contributed by atoms with Crippen LogP contribution < -0.4 is 19.1 Å². The van der Waals surface area contributed by atoms with E-state index in [4.69, 9.17) is 9.47 Å². The lowest BCUT2D eigenvalue weighted by molar-refractivity contribution is -0.120. The highest BCUT2D eigenvalue weighted by Gasteiger charge is 2.23. The van der Waals surface area contributed by atoms with Crippen molar-refractivity contribution >= 4 is 21.6 Å². The predicted octanol–water partition coefficient (Wildman–Crippen LogP) is 2.88. The Kier molecular flexibility index (Phi) is 7.44. The molecule has 2 aromatic rings. The van der Waals surface area contributed by atoms with Crippen molar-refractivity contribution in [1.29, 1.82) is 0 Å². The van der Waals surface area contributed by atoms with Crippen molar-refractivity contribution in [3.63, 3.8) is 0 Å². The van der Waals surface area contributed by atoms with E-state index in [0.29, 0.717) is 17.9 Å². The maximum absolute atomic E-state index is 13.5. The van der Waals surface area contributed by atoms with Crippen LogP contribution in [0.1, 0.15) is 24.9 Å². The minimum atomic E-state index is -3.79. The molecule has 0 heterocycles. The zero-order chi connectivity index (χ0) is 21.6. The van der Waals surface area contributed by atoms with E-state index >= 15 is 0 Å². The standard InChI is InChI=1S/C20H25FN2O5S/c1-5-17(14-9-10-18(27-2)19(11-14)28-3)22-20(24)13-23(29(4,25)26)16-8-6-7-15(21)12-16/h6-12,17H,5,13H2,1-4H3,(H,22,24). The molecule has 0 aliphatic heterocycles. The number of nitrogens with zero attached hydrogens (tertiary/aromatic N) is 1. The van der Waals surface area contributed by atoms with Crippen LogP contribution in [-0.2, 0) is 14.8 Å². The van der Waals surface area contributed by atoms with E-state index < -0.39 is 28.3 Å². The molecule has 9 heteroatoms. The smallest absolute Gasteiger partial charge is 0.241 e. The summed E-state index contributed by atoms with van der Waals surface area (Å²) in [6.45, 7) is 1.43. The molecule has 0 aromatic heterocycles. The predicted molar refractivity (Wildman–Crippen MR) is 109 cm³/mol. The molecule has 2 aromatic carbocycles. The second-order valence-corrected chi connectivity index (χ2v) is 8.30. The summed E-state index contributed by atoms with van der Waals surface area (Å²) in [7, 11) is -0.739. The van der Waals surface area contributed by atoms with Crippen molar-refractivity contribution in [3.05, 3.63) is 53.8 Å². The molecule has 2 rings (SSSR count). The summed E-state index contributed by atoms with van der Waals surface area (Å²) in [6.07, 6.45) is 1.54. The molecule has 0 fully saturated rings. The Hall–Kier alpha value is -2.81. The lowest BCUT2D eigenvalue weighted by atomic mass is 10.0. The summed E-state index contributed by atoms with van der Waals surface area (Å²) in [5.74, 6) is -0.0170. The number of hydrogen-bond donors (Lipinski definition) is 1. The molecule has 0 aliphatic carbocycles. The first-order chi connectivity index (χ1) is 13.7. The van der Waals surface area contributed by atoms with Gasteiger partial charge in [0, 0.05) is 0 Å². The second kappa shape index (κ2) is 9.60. The van der Waals surface area contributed by atoms with Crippen LogP contribution in [-0.4, -0.2) is 41.3 Å². The number of carbonyl (C=O) groups is 1. The fourth-order valence-electron chi connectivity index (χ4n) is 2.89. The Morgan fingerprint density at radius 2 is 1.83 bits per heavy atom. The Labute approximate surface area is 170 Å². The number of benzene rings is 2. The molecule has 1 N–H and O–H groups in total. The molecular weight excluding hydrogens is 399 g/mol. The van der Waals surface area contributed by atoms with Gasteiger partial charge in [-0.05, 0) is 42.3 Å². The number of carbonyl (C=O) groups excluding carboxylic acids is 1. The van der Waals surface area contributed by atoms with Crippen LogP contribution in [0.2, 0.25) is 0 Å². The number of rotatable bonds is 9. The third kappa shape index (κ3) is 5.83. The van der Waals surface area contributed by atoms with Gasteiger partial charge in [0.05, 0.1) is 32.2 Å². The molecular formula is C20H25FN2O5S. The minimum absolute atomic E-state index is 0.0850. The van der Waals surface area contributed by atoms with Crippen LogP contribution in [0, 0.1) is 5.82 Å². The quantitative estimate of drug-likeness (QED) is 0.669. The maximum Gasteiger partial charge on any atom is 0.241 e. The molecule has 1 atom stereocenters. The zero-order valence-electron chi connectivity index (χ0n) is 16.8.